The van der Waals surface area contributed by atoms with Gasteiger partial charge in [0.2, 0.25) is 0 Å². The molecule has 0 unspecified atom stereocenters. The summed E-state index contributed by atoms with van der Waals surface area (Å²) < 4.78 is 12.3. The number of nitrogens with zero attached hydrogens (tertiary/aromatic N) is 5. The van der Waals surface area contributed by atoms with Crippen molar-refractivity contribution >= 4 is 34.9 Å². The van der Waals surface area contributed by atoms with Gasteiger partial charge in [0.25, 0.3) is 0 Å². The maximum absolute atomic E-state index is 10.8. The van der Waals surface area contributed by atoms with E-state index in [0.29, 0.717) is 5.76 Å². The minimum absolute atomic E-state index is 0.308. The van der Waals surface area contributed by atoms with E-state index in [0.717, 1.165) is 54.8 Å². The number of furan rings is 1. The van der Waals surface area contributed by atoms with Gasteiger partial charge in [-0.2, -0.15) is 5.10 Å². The Morgan fingerprint density at radius 3 is 2.86 bits per heavy atom. The van der Waals surface area contributed by atoms with Crippen molar-refractivity contribution in [3.63, 3.8) is 0 Å². The Labute approximate surface area is 165 Å². The number of benzene rings is 1. The van der Waals surface area contributed by atoms with Gasteiger partial charge in [-0.3, -0.25) is 15.0 Å². The van der Waals surface area contributed by atoms with Crippen molar-refractivity contribution in [1.82, 2.24) is 14.6 Å². The fourth-order valence-electron chi connectivity index (χ4n) is 2.91. The molecule has 0 spiro atoms. The lowest BCUT2D eigenvalue weighted by Gasteiger charge is -2.26. The molecule has 1 saturated heterocycles. The first kappa shape index (κ1) is 18.7. The van der Waals surface area contributed by atoms with E-state index in [9.17, 15) is 10.1 Å². The van der Waals surface area contributed by atoms with Crippen LogP contribution >= 0.6 is 11.8 Å². The number of hydrogen-bond donors (Lipinski definition) is 0. The normalized spacial score (nSPS) is 15.6. The van der Waals surface area contributed by atoms with Crippen molar-refractivity contribution in [2.24, 2.45) is 5.10 Å². The molecule has 28 heavy (non-hydrogen) atoms. The lowest BCUT2D eigenvalue weighted by molar-refractivity contribution is -0.402. The number of para-hydroxylation sites is 2. The topological polar surface area (TPSA) is 98.9 Å². The van der Waals surface area contributed by atoms with E-state index in [1.807, 2.05) is 24.3 Å². The van der Waals surface area contributed by atoms with E-state index in [4.69, 9.17) is 9.15 Å². The predicted octanol–water partition coefficient (Wildman–Crippen LogP) is 2.84. The molecule has 1 aliphatic rings. The van der Waals surface area contributed by atoms with Crippen molar-refractivity contribution < 1.29 is 14.1 Å². The van der Waals surface area contributed by atoms with Crippen LogP contribution in [-0.2, 0) is 4.74 Å². The van der Waals surface area contributed by atoms with Crippen LogP contribution in [0.2, 0.25) is 0 Å². The smallest absolute Gasteiger partial charge is 0.400 e. The summed E-state index contributed by atoms with van der Waals surface area (Å²) in [7, 11) is 0. The standard InChI is InChI=1S/C18H19N5O4S/c24-23(25)17-6-5-14(27-17)13-19-22-16-4-2-1-3-15(16)20-18(22)28-12-9-21-7-10-26-11-8-21/h1-6,13H,7-12H2/b19-13-. The van der Waals surface area contributed by atoms with Crippen molar-refractivity contribution in [2.75, 3.05) is 38.6 Å². The number of morpholine rings is 1. The van der Waals surface area contributed by atoms with Gasteiger partial charge in [-0.05, 0) is 18.2 Å². The van der Waals surface area contributed by atoms with Gasteiger partial charge in [0.05, 0.1) is 36.5 Å². The van der Waals surface area contributed by atoms with Gasteiger partial charge < -0.3 is 9.15 Å². The first-order valence-corrected chi connectivity index (χ1v) is 9.88. The second-order valence-corrected chi connectivity index (χ2v) is 7.24. The molecule has 10 heteroatoms. The zero-order valence-electron chi connectivity index (χ0n) is 15.1. The molecular weight excluding hydrogens is 382 g/mol. The van der Waals surface area contributed by atoms with Crippen LogP contribution in [0.3, 0.4) is 0 Å². The Bertz CT molecular complexity index is 993. The van der Waals surface area contributed by atoms with Gasteiger partial charge in [-0.15, -0.1) is 0 Å². The Morgan fingerprint density at radius 1 is 1.25 bits per heavy atom. The molecule has 1 fully saturated rings. The number of rotatable bonds is 7. The van der Waals surface area contributed by atoms with E-state index in [1.165, 1.54) is 18.3 Å². The van der Waals surface area contributed by atoms with E-state index < -0.39 is 4.92 Å². The number of hydrogen-bond acceptors (Lipinski definition) is 8. The second kappa shape index (κ2) is 8.55. The van der Waals surface area contributed by atoms with Crippen LogP contribution in [-0.4, -0.2) is 64.3 Å². The minimum atomic E-state index is -0.573. The molecule has 0 aliphatic carbocycles. The fraction of sp³-hybridized carbons (Fsp3) is 0.333. The van der Waals surface area contributed by atoms with Crippen molar-refractivity contribution in [1.29, 1.82) is 0 Å². The van der Waals surface area contributed by atoms with Crippen LogP contribution in [0.1, 0.15) is 5.76 Å². The van der Waals surface area contributed by atoms with Crippen LogP contribution in [0.15, 0.2) is 51.1 Å². The van der Waals surface area contributed by atoms with E-state index in [1.54, 1.807) is 16.4 Å². The molecule has 146 valence electrons. The largest absolute Gasteiger partial charge is 0.433 e. The molecule has 0 amide bonds. The van der Waals surface area contributed by atoms with Gasteiger partial charge in [0.15, 0.2) is 10.9 Å². The summed E-state index contributed by atoms with van der Waals surface area (Å²) in [5.41, 5.74) is 1.72. The number of imidazole rings is 1. The highest BCUT2D eigenvalue weighted by atomic mass is 32.2. The first-order chi connectivity index (χ1) is 13.7. The van der Waals surface area contributed by atoms with Gasteiger partial charge in [-0.1, -0.05) is 23.9 Å². The van der Waals surface area contributed by atoms with E-state index in [2.05, 4.69) is 15.0 Å². The molecule has 9 nitrogen and oxygen atoms in total. The third kappa shape index (κ3) is 4.24. The van der Waals surface area contributed by atoms with Crippen LogP contribution < -0.4 is 0 Å². The lowest BCUT2D eigenvalue weighted by Crippen LogP contribution is -2.37. The van der Waals surface area contributed by atoms with Gasteiger partial charge in [0.1, 0.15) is 4.92 Å². The Kier molecular flexibility index (Phi) is 5.70. The molecular formula is C18H19N5O4S. The average molecular weight is 401 g/mol. The number of ether oxygens (including phenoxy) is 1. The highest BCUT2D eigenvalue weighted by Gasteiger charge is 2.14. The summed E-state index contributed by atoms with van der Waals surface area (Å²) >= 11 is 1.63. The number of nitro groups is 1. The summed E-state index contributed by atoms with van der Waals surface area (Å²) in [4.78, 5) is 17.2. The summed E-state index contributed by atoms with van der Waals surface area (Å²) in [6.07, 6.45) is 1.47. The van der Waals surface area contributed by atoms with Gasteiger partial charge in [0, 0.05) is 25.4 Å². The summed E-state index contributed by atoms with van der Waals surface area (Å²) in [5, 5.41) is 16.0. The second-order valence-electron chi connectivity index (χ2n) is 6.18. The van der Waals surface area contributed by atoms with Crippen LogP contribution in [0.25, 0.3) is 11.0 Å². The van der Waals surface area contributed by atoms with Gasteiger partial charge >= 0.3 is 5.88 Å². The van der Waals surface area contributed by atoms with E-state index >= 15 is 0 Å². The van der Waals surface area contributed by atoms with Crippen molar-refractivity contribution in [2.45, 2.75) is 5.16 Å². The van der Waals surface area contributed by atoms with Crippen molar-refractivity contribution in [3.8, 4) is 0 Å². The van der Waals surface area contributed by atoms with Gasteiger partial charge in [-0.25, -0.2) is 9.66 Å². The summed E-state index contributed by atoms with van der Waals surface area (Å²) in [6, 6.07) is 10.6. The molecule has 3 heterocycles. The lowest BCUT2D eigenvalue weighted by atomic mass is 10.3. The first-order valence-electron chi connectivity index (χ1n) is 8.90. The maximum Gasteiger partial charge on any atom is 0.433 e. The minimum Gasteiger partial charge on any atom is -0.400 e. The highest BCUT2D eigenvalue weighted by molar-refractivity contribution is 7.99. The third-order valence-corrected chi connectivity index (χ3v) is 5.25. The predicted molar refractivity (Wildman–Crippen MR) is 106 cm³/mol. The molecule has 4 rings (SSSR count). The monoisotopic (exact) mass is 401 g/mol. The summed E-state index contributed by atoms with van der Waals surface area (Å²) in [5.74, 6) is 0.885. The molecule has 0 bridgehead atoms. The summed E-state index contributed by atoms with van der Waals surface area (Å²) in [6.45, 7) is 4.41. The number of aromatic nitrogens is 2. The molecule has 2 aromatic heterocycles. The Balaban J connectivity index is 1.52. The SMILES string of the molecule is O=[N+]([O-])c1ccc(/C=N\n2c(SCCN3CCOCC3)nc3ccccc32)o1. The molecule has 1 aromatic carbocycles. The number of fused-ring (bicyclic) bond motifs is 1. The van der Waals surface area contributed by atoms with E-state index in [-0.39, 0.29) is 5.88 Å². The molecule has 1 aliphatic heterocycles. The molecule has 0 atom stereocenters. The van der Waals surface area contributed by atoms with Crippen LogP contribution in [0.4, 0.5) is 5.88 Å². The fourth-order valence-corrected chi connectivity index (χ4v) is 3.87. The molecule has 0 saturated carbocycles. The van der Waals surface area contributed by atoms with Crippen molar-refractivity contribution in [3.05, 3.63) is 52.3 Å². The average Bonchev–Trinajstić information content (AvgIpc) is 3.32. The molecule has 0 N–H and O–H groups in total. The zero-order chi connectivity index (χ0) is 19.3. The molecule has 0 radical (unpaired) electrons. The maximum atomic E-state index is 10.8. The quantitative estimate of drug-likeness (QED) is 0.260. The van der Waals surface area contributed by atoms with Crippen LogP contribution in [0, 0.1) is 10.1 Å². The highest BCUT2D eigenvalue weighted by Crippen LogP contribution is 2.24. The number of thioether (sulfide) groups is 1. The Hall–Kier alpha value is -2.69. The zero-order valence-corrected chi connectivity index (χ0v) is 15.9. The molecule has 3 aromatic rings. The van der Waals surface area contributed by atoms with Crippen LogP contribution in [0.5, 0.6) is 0 Å². The third-order valence-electron chi connectivity index (χ3n) is 4.34. The Morgan fingerprint density at radius 2 is 2.07 bits per heavy atom.